The highest BCUT2D eigenvalue weighted by molar-refractivity contribution is 7.15. The van der Waals surface area contributed by atoms with E-state index in [9.17, 15) is 0 Å². The zero-order chi connectivity index (χ0) is 19.6. The number of hydrogen-bond acceptors (Lipinski definition) is 8. The molecule has 0 amide bonds. The topological polar surface area (TPSA) is 92.1 Å². The average molecular weight is 418 g/mol. The molecule has 0 fully saturated rings. The molecule has 0 radical (unpaired) electrons. The molecule has 1 N–H and O–H groups in total. The fourth-order valence-electron chi connectivity index (χ4n) is 2.82. The zero-order valence-electron chi connectivity index (χ0n) is 15.4. The van der Waals surface area contributed by atoms with E-state index in [0.29, 0.717) is 16.5 Å². The van der Waals surface area contributed by atoms with Crippen LogP contribution in [0.4, 0.5) is 5.13 Å². The summed E-state index contributed by atoms with van der Waals surface area (Å²) in [5, 5.41) is 19.3. The summed E-state index contributed by atoms with van der Waals surface area (Å²) in [5.41, 5.74) is 4.16. The Hall–Kier alpha value is -3.30. The highest BCUT2D eigenvalue weighted by Crippen LogP contribution is 2.23. The summed E-state index contributed by atoms with van der Waals surface area (Å²) in [6, 6.07) is 16.2. The number of aryl methyl sites for hydroxylation is 1. The molecule has 9 heteroatoms. The minimum absolute atomic E-state index is 0.397. The van der Waals surface area contributed by atoms with Gasteiger partial charge in [-0.05, 0) is 18.6 Å². The molecule has 0 aliphatic rings. The molecule has 0 saturated heterocycles. The molecule has 0 unspecified atom stereocenters. The average Bonchev–Trinajstić information content (AvgIpc) is 3.35. The first-order chi connectivity index (χ1) is 14.2. The number of para-hydroxylation sites is 1. The molecule has 5 rings (SSSR count). The van der Waals surface area contributed by atoms with Gasteiger partial charge in [0.25, 0.3) is 0 Å². The monoisotopic (exact) mass is 417 g/mol. The van der Waals surface area contributed by atoms with Gasteiger partial charge >= 0.3 is 0 Å². The van der Waals surface area contributed by atoms with E-state index in [4.69, 9.17) is 0 Å². The van der Waals surface area contributed by atoms with Crippen LogP contribution in [0.3, 0.4) is 0 Å². The number of rotatable bonds is 4. The molecule has 0 saturated carbocycles. The Kier molecular flexibility index (Phi) is 4.66. The lowest BCUT2D eigenvalue weighted by molar-refractivity contribution is 0.904. The number of fused-ring (bicyclic) bond motifs is 3. The smallest absolute Gasteiger partial charge is 0.231 e. The van der Waals surface area contributed by atoms with Gasteiger partial charge in [-0.2, -0.15) is 0 Å². The highest BCUT2D eigenvalue weighted by atomic mass is 32.1. The van der Waals surface area contributed by atoms with Crippen molar-refractivity contribution >= 4 is 55.3 Å². The van der Waals surface area contributed by atoms with Crippen molar-refractivity contribution < 1.29 is 0 Å². The molecule has 5 aromatic rings. The third-order valence-electron chi connectivity index (χ3n) is 4.28. The lowest BCUT2D eigenvalue weighted by Gasteiger charge is -1.92. The number of nitrogens with one attached hydrogen (secondary N) is 1. The minimum Gasteiger partial charge on any atom is -0.345 e. The van der Waals surface area contributed by atoms with Crippen LogP contribution in [0.5, 0.6) is 0 Å². The van der Waals surface area contributed by atoms with E-state index in [1.165, 1.54) is 28.2 Å². The quantitative estimate of drug-likeness (QED) is 0.444. The Morgan fingerprint density at radius 2 is 1.83 bits per heavy atom. The van der Waals surface area contributed by atoms with Crippen molar-refractivity contribution in [3.8, 4) is 0 Å². The van der Waals surface area contributed by atoms with Crippen molar-refractivity contribution in [2.45, 2.75) is 13.5 Å². The molecule has 7 nitrogen and oxygen atoms in total. The van der Waals surface area contributed by atoms with Crippen LogP contribution < -0.4 is 4.80 Å². The van der Waals surface area contributed by atoms with Crippen LogP contribution >= 0.6 is 22.7 Å². The van der Waals surface area contributed by atoms with Crippen molar-refractivity contribution in [1.29, 1.82) is 0 Å². The Morgan fingerprint density at radius 3 is 2.72 bits per heavy atom. The molecule has 29 heavy (non-hydrogen) atoms. The van der Waals surface area contributed by atoms with Gasteiger partial charge in [-0.15, -0.1) is 20.4 Å². The van der Waals surface area contributed by atoms with E-state index < -0.39 is 0 Å². The summed E-state index contributed by atoms with van der Waals surface area (Å²) in [7, 11) is 0. The molecule has 3 heterocycles. The number of benzene rings is 2. The highest BCUT2D eigenvalue weighted by Gasteiger charge is 2.06. The maximum Gasteiger partial charge on any atom is 0.231 e. The van der Waals surface area contributed by atoms with Gasteiger partial charge < -0.3 is 4.98 Å². The van der Waals surface area contributed by atoms with Gasteiger partial charge in [0, 0.05) is 17.1 Å². The molecular formula is C20H15N7S2. The second kappa shape index (κ2) is 7.61. The molecule has 3 aromatic heterocycles. The predicted octanol–water partition coefficient (Wildman–Crippen LogP) is 4.18. The Bertz CT molecular complexity index is 1390. The number of hydrogen-bond donors (Lipinski definition) is 1. The zero-order valence-corrected chi connectivity index (χ0v) is 17.0. The van der Waals surface area contributed by atoms with E-state index in [1.807, 2.05) is 36.4 Å². The first-order valence-corrected chi connectivity index (χ1v) is 10.6. The second-order valence-corrected chi connectivity index (χ2v) is 8.41. The van der Waals surface area contributed by atoms with Crippen LogP contribution in [0.2, 0.25) is 0 Å². The van der Waals surface area contributed by atoms with Crippen molar-refractivity contribution in [1.82, 2.24) is 25.4 Å². The first kappa shape index (κ1) is 17.8. The van der Waals surface area contributed by atoms with E-state index in [-0.39, 0.29) is 0 Å². The largest absolute Gasteiger partial charge is 0.345 e. The van der Waals surface area contributed by atoms with Gasteiger partial charge in [-0.25, -0.2) is 9.98 Å². The SMILES string of the molecule is Cc1ccc(C=Nc2nnc(CN=c3nnc4c([nH]c5ccccc54)s3)s2)cc1. The van der Waals surface area contributed by atoms with Gasteiger partial charge in [-0.3, -0.25) is 0 Å². The number of H-pyrrole nitrogens is 1. The molecule has 2 aromatic carbocycles. The third-order valence-corrected chi connectivity index (χ3v) is 5.99. The van der Waals surface area contributed by atoms with Crippen LogP contribution in [-0.2, 0) is 6.54 Å². The number of aliphatic imine (C=N–C) groups is 1. The molecular weight excluding hydrogens is 402 g/mol. The van der Waals surface area contributed by atoms with Gasteiger partial charge in [0.15, 0.2) is 0 Å². The fourth-order valence-corrected chi connectivity index (χ4v) is 4.23. The van der Waals surface area contributed by atoms with Gasteiger partial charge in [0.1, 0.15) is 15.4 Å². The van der Waals surface area contributed by atoms with Crippen LogP contribution in [0.1, 0.15) is 16.1 Å². The number of aromatic amines is 1. The summed E-state index contributed by atoms with van der Waals surface area (Å²) >= 11 is 2.90. The maximum atomic E-state index is 4.52. The van der Waals surface area contributed by atoms with Crippen LogP contribution in [0.15, 0.2) is 58.5 Å². The van der Waals surface area contributed by atoms with Crippen LogP contribution in [-0.4, -0.2) is 31.6 Å². The van der Waals surface area contributed by atoms with Crippen molar-refractivity contribution in [3.05, 3.63) is 69.5 Å². The van der Waals surface area contributed by atoms with Crippen molar-refractivity contribution in [2.75, 3.05) is 0 Å². The fraction of sp³-hybridized carbons (Fsp3) is 0.100. The van der Waals surface area contributed by atoms with Crippen LogP contribution in [0.25, 0.3) is 21.3 Å². The molecule has 142 valence electrons. The van der Waals surface area contributed by atoms with Gasteiger partial charge in [0.05, 0.1) is 6.54 Å². The lowest BCUT2D eigenvalue weighted by atomic mass is 10.2. The molecule has 0 bridgehead atoms. The standard InChI is InChI=1S/C20H15N7S2/c1-12-6-8-13(9-7-12)10-21-19-26-24-16(28-19)11-22-20-27-25-17-14-4-2-3-5-15(14)23-18(17)29-20/h2-10,23H,11H2,1H3. The van der Waals surface area contributed by atoms with Gasteiger partial charge in [0.2, 0.25) is 9.93 Å². The normalized spacial score (nSPS) is 12.5. The summed E-state index contributed by atoms with van der Waals surface area (Å²) in [4.78, 5) is 13.8. The third kappa shape index (κ3) is 3.82. The Morgan fingerprint density at radius 1 is 0.966 bits per heavy atom. The number of aromatic nitrogens is 5. The van der Waals surface area contributed by atoms with E-state index >= 15 is 0 Å². The molecule has 0 aliphatic heterocycles. The van der Waals surface area contributed by atoms with Crippen LogP contribution in [0, 0.1) is 6.92 Å². The molecule has 0 aliphatic carbocycles. The Labute approximate surface area is 173 Å². The predicted molar refractivity (Wildman–Crippen MR) is 117 cm³/mol. The van der Waals surface area contributed by atoms with E-state index in [0.717, 1.165) is 31.8 Å². The summed E-state index contributed by atoms with van der Waals surface area (Å²) in [6.45, 7) is 2.46. The maximum absolute atomic E-state index is 4.52. The first-order valence-electron chi connectivity index (χ1n) is 8.92. The summed E-state index contributed by atoms with van der Waals surface area (Å²) in [6.07, 6.45) is 1.79. The lowest BCUT2D eigenvalue weighted by Crippen LogP contribution is -2.05. The summed E-state index contributed by atoms with van der Waals surface area (Å²) in [5.74, 6) is 0. The number of nitrogens with zero attached hydrogens (tertiary/aromatic N) is 6. The minimum atomic E-state index is 0.397. The second-order valence-electron chi connectivity index (χ2n) is 6.40. The van der Waals surface area contributed by atoms with E-state index in [1.54, 1.807) is 6.21 Å². The van der Waals surface area contributed by atoms with E-state index in [2.05, 4.69) is 54.4 Å². The van der Waals surface area contributed by atoms with Gasteiger partial charge in [-0.1, -0.05) is 70.7 Å². The summed E-state index contributed by atoms with van der Waals surface area (Å²) < 4.78 is 0. The molecule has 0 atom stereocenters. The Balaban J connectivity index is 1.35. The molecule has 0 spiro atoms. The van der Waals surface area contributed by atoms with Crippen molar-refractivity contribution in [3.63, 3.8) is 0 Å². The van der Waals surface area contributed by atoms with Crippen molar-refractivity contribution in [2.24, 2.45) is 9.98 Å².